The second-order valence-electron chi connectivity index (χ2n) is 8.98. The van der Waals surface area contributed by atoms with Crippen molar-refractivity contribution in [2.45, 2.75) is 78.6 Å². The molecule has 0 heterocycles. The van der Waals surface area contributed by atoms with Crippen molar-refractivity contribution in [1.82, 2.24) is 0 Å². The van der Waals surface area contributed by atoms with Gasteiger partial charge in [-0.25, -0.2) is 5.80 Å². The Balaban J connectivity index is 0.00000441. The summed E-state index contributed by atoms with van der Waals surface area (Å²) in [6, 6.07) is 4.84. The largest absolute Gasteiger partial charge is 1.00 e. The molecule has 0 unspecified atom stereocenters. The third-order valence-corrected chi connectivity index (χ3v) is 4.73. The van der Waals surface area contributed by atoms with Crippen LogP contribution in [0.4, 0.5) is 0 Å². The fourth-order valence-corrected chi connectivity index (χ4v) is 3.70. The van der Waals surface area contributed by atoms with Crippen LogP contribution >= 0.6 is 8.20 Å². The number of hydrogen-bond donors (Lipinski definition) is 0. The molecule has 0 saturated carbocycles. The van der Waals surface area contributed by atoms with E-state index in [0.717, 1.165) is 0 Å². The molecule has 0 atom stereocenters. The molecule has 0 saturated heterocycles. The molecule has 0 fully saturated rings. The van der Waals surface area contributed by atoms with Crippen molar-refractivity contribution in [3.8, 4) is 0 Å². The van der Waals surface area contributed by atoms with E-state index in [1.807, 2.05) is 5.80 Å². The quantitative estimate of drug-likeness (QED) is 0.425. The molecule has 0 bridgehead atoms. The molecule has 1 aromatic rings. The van der Waals surface area contributed by atoms with Crippen LogP contribution in [0.1, 0.15) is 79.0 Å². The molecule has 0 nitrogen and oxygen atoms in total. The van der Waals surface area contributed by atoms with E-state index in [4.69, 9.17) is 0 Å². The summed E-state index contributed by atoms with van der Waals surface area (Å²) >= 11 is 0. The molecule has 0 radical (unpaired) electrons. The van der Waals surface area contributed by atoms with Gasteiger partial charge in [0.15, 0.2) is 0 Å². The summed E-state index contributed by atoms with van der Waals surface area (Å²) in [5, 5.41) is 1.44. The van der Waals surface area contributed by atoms with Gasteiger partial charge in [-0.15, -0.1) is 8.20 Å². The Hall–Kier alpha value is -0.0126. The molecule has 0 aliphatic carbocycles. The molecular formula is C20H32LiP. The maximum absolute atomic E-state index is 3.96. The van der Waals surface area contributed by atoms with Gasteiger partial charge < -0.3 is 6.92 Å². The fourth-order valence-electron chi connectivity index (χ4n) is 2.44. The van der Waals surface area contributed by atoms with E-state index in [1.165, 1.54) is 30.2 Å². The second-order valence-corrected chi connectivity index (χ2v) is 10.1. The summed E-state index contributed by atoms with van der Waals surface area (Å²) in [5.41, 5.74) is 4.81. The van der Waals surface area contributed by atoms with Crippen LogP contribution in [-0.4, -0.2) is 5.80 Å². The number of rotatable bonds is 1. The van der Waals surface area contributed by atoms with Crippen LogP contribution in [0.2, 0.25) is 0 Å². The van der Waals surface area contributed by atoms with Gasteiger partial charge in [0, 0.05) is 5.30 Å². The van der Waals surface area contributed by atoms with Gasteiger partial charge in [-0.1, -0.05) is 74.4 Å². The monoisotopic (exact) mass is 310 g/mol. The first kappa shape index (κ1) is 22.0. The molecule has 0 aliphatic rings. The fraction of sp³-hybridized carbons (Fsp3) is 0.600. The zero-order valence-corrected chi connectivity index (χ0v) is 17.3. The van der Waals surface area contributed by atoms with Crippen LogP contribution in [0, 0.1) is 6.92 Å². The summed E-state index contributed by atoms with van der Waals surface area (Å²) in [6.45, 7) is 24.7. The van der Waals surface area contributed by atoms with Crippen LogP contribution in [0.15, 0.2) is 12.1 Å². The van der Waals surface area contributed by atoms with Crippen LogP contribution in [0.3, 0.4) is 0 Å². The minimum atomic E-state index is 0. The van der Waals surface area contributed by atoms with Gasteiger partial charge in [-0.3, -0.25) is 0 Å². The van der Waals surface area contributed by atoms with Crippen LogP contribution in [-0.2, 0) is 16.2 Å². The van der Waals surface area contributed by atoms with Crippen LogP contribution in [0.5, 0.6) is 0 Å². The molecule has 0 aromatic heterocycles. The first-order chi connectivity index (χ1) is 9.28. The van der Waals surface area contributed by atoms with Crippen molar-refractivity contribution in [2.75, 3.05) is 0 Å². The van der Waals surface area contributed by atoms with Crippen molar-refractivity contribution in [1.29, 1.82) is 0 Å². The Morgan fingerprint density at radius 2 is 1.14 bits per heavy atom. The third-order valence-electron chi connectivity index (χ3n) is 3.81. The Kier molecular flexibility index (Phi) is 7.25. The molecular weight excluding hydrogens is 278 g/mol. The summed E-state index contributed by atoms with van der Waals surface area (Å²) in [5.74, 6) is 2.01. The van der Waals surface area contributed by atoms with E-state index in [1.54, 1.807) is 0 Å². The van der Waals surface area contributed by atoms with Gasteiger partial charge >= 0.3 is 18.9 Å². The minimum Gasteiger partial charge on any atom is -0.318 e. The molecule has 1 aromatic carbocycles. The van der Waals surface area contributed by atoms with E-state index in [2.05, 4.69) is 81.4 Å². The van der Waals surface area contributed by atoms with Gasteiger partial charge in [0.05, 0.1) is 0 Å². The molecule has 22 heavy (non-hydrogen) atoms. The average Bonchev–Trinajstić information content (AvgIpc) is 2.24. The van der Waals surface area contributed by atoms with Gasteiger partial charge in [-0.05, 0) is 32.9 Å². The normalized spacial score (nSPS) is 13.4. The molecule has 0 amide bonds. The zero-order valence-electron chi connectivity index (χ0n) is 16.4. The summed E-state index contributed by atoms with van der Waals surface area (Å²) in [4.78, 5) is 0. The molecule has 0 aliphatic heterocycles. The second kappa shape index (κ2) is 7.26. The predicted octanol–water partition coefficient (Wildman–Crippen LogP) is 2.79. The zero-order chi connectivity index (χ0) is 16.6. The minimum absolute atomic E-state index is 0. The standard InChI is InChI=1S/C20H32P.Li/c1-11-21-17-15(19(5,6)7)12-14(18(2,3)4)13-16(17)20(8,9)10;/h11-13H,1H2,2-10H3;/q-1;+1. The van der Waals surface area contributed by atoms with E-state index in [0.29, 0.717) is 0 Å². The Bertz CT molecular complexity index is 499. The first-order valence-corrected chi connectivity index (χ1v) is 8.76. The van der Waals surface area contributed by atoms with Crippen molar-refractivity contribution < 1.29 is 18.9 Å². The topological polar surface area (TPSA) is 0 Å². The average molecular weight is 310 g/mol. The molecule has 1 rings (SSSR count). The predicted molar refractivity (Wildman–Crippen MR) is 101 cm³/mol. The maximum Gasteiger partial charge on any atom is 1.00 e. The maximum atomic E-state index is 3.96. The van der Waals surface area contributed by atoms with Gasteiger partial charge in [0.1, 0.15) is 0 Å². The van der Waals surface area contributed by atoms with Gasteiger partial charge in [0.2, 0.25) is 0 Å². The molecule has 2 heteroatoms. The van der Waals surface area contributed by atoms with E-state index >= 15 is 0 Å². The summed E-state index contributed by atoms with van der Waals surface area (Å²) in [6.07, 6.45) is 0. The van der Waals surface area contributed by atoms with Crippen molar-refractivity contribution in [3.63, 3.8) is 0 Å². The molecule has 0 spiro atoms. The number of hydrogen-bond acceptors (Lipinski definition) is 0. The summed E-state index contributed by atoms with van der Waals surface area (Å²) in [7, 11) is 1.22. The van der Waals surface area contributed by atoms with E-state index < -0.39 is 0 Å². The van der Waals surface area contributed by atoms with Crippen molar-refractivity contribution in [2.24, 2.45) is 0 Å². The van der Waals surface area contributed by atoms with Crippen LogP contribution < -0.4 is 24.2 Å². The first-order valence-electron chi connectivity index (χ1n) is 7.79. The van der Waals surface area contributed by atoms with E-state index in [-0.39, 0.29) is 35.1 Å². The van der Waals surface area contributed by atoms with Gasteiger partial charge in [-0.2, -0.15) is 0 Å². The smallest absolute Gasteiger partial charge is 0.318 e. The van der Waals surface area contributed by atoms with Gasteiger partial charge in [0.25, 0.3) is 0 Å². The summed E-state index contributed by atoms with van der Waals surface area (Å²) < 4.78 is 0. The Labute approximate surface area is 152 Å². The third kappa shape index (κ3) is 5.27. The van der Waals surface area contributed by atoms with Crippen LogP contribution in [0.25, 0.3) is 0 Å². The van der Waals surface area contributed by atoms with Crippen molar-refractivity contribution in [3.05, 3.63) is 35.7 Å². The number of benzene rings is 1. The van der Waals surface area contributed by atoms with E-state index in [9.17, 15) is 0 Å². The van der Waals surface area contributed by atoms with Crippen molar-refractivity contribution >= 4 is 19.3 Å². The molecule has 118 valence electrons. The Morgan fingerprint density at radius 3 is 1.36 bits per heavy atom. The Morgan fingerprint density at radius 1 is 0.773 bits per heavy atom. The molecule has 0 N–H and O–H groups in total. The SMILES string of the molecule is [CH2-]C=Pc1c(C(C)(C)C)cc(C(C)(C)C)cc1C(C)(C)C.[Li+].